The summed E-state index contributed by atoms with van der Waals surface area (Å²) in [7, 11) is -3.45. The molecule has 0 bridgehead atoms. The molecule has 2 aromatic carbocycles. The second-order valence-corrected chi connectivity index (χ2v) is 7.92. The number of nitrogens with one attached hydrogen (secondary N) is 1. The number of hydrogen-bond donors (Lipinski definition) is 1. The zero-order valence-electron chi connectivity index (χ0n) is 12.8. The van der Waals surface area contributed by atoms with E-state index in [0.29, 0.717) is 17.4 Å². The minimum atomic E-state index is -3.45. The van der Waals surface area contributed by atoms with Crippen LogP contribution in [0.1, 0.15) is 38.5 Å². The van der Waals surface area contributed by atoms with Crippen molar-refractivity contribution in [2.24, 2.45) is 5.92 Å². The summed E-state index contributed by atoms with van der Waals surface area (Å²) < 4.78 is 28.2. The number of rotatable bonds is 4. The van der Waals surface area contributed by atoms with E-state index in [0.717, 1.165) is 23.6 Å². The van der Waals surface area contributed by atoms with Crippen molar-refractivity contribution < 1.29 is 8.42 Å². The molecule has 3 rings (SSSR count). The summed E-state index contributed by atoms with van der Waals surface area (Å²) in [6.45, 7) is 0.561. The van der Waals surface area contributed by atoms with Crippen molar-refractivity contribution in [1.29, 1.82) is 0 Å². The van der Waals surface area contributed by atoms with Crippen LogP contribution in [-0.4, -0.2) is 15.0 Å². The number of fused-ring (bicyclic) bond motifs is 1. The van der Waals surface area contributed by atoms with Crippen LogP contribution < -0.4 is 4.72 Å². The van der Waals surface area contributed by atoms with Crippen molar-refractivity contribution >= 4 is 20.8 Å². The molecular weight excluding hydrogens is 294 g/mol. The van der Waals surface area contributed by atoms with E-state index in [1.54, 1.807) is 6.07 Å². The Labute approximate surface area is 132 Å². The lowest BCUT2D eigenvalue weighted by atomic mass is 10.0. The maximum absolute atomic E-state index is 12.7. The standard InChI is InChI=1S/C18H23NO2S/c20-22(21,19-14-15-8-3-1-2-4-9-15)18-13-7-11-16-10-5-6-12-17(16)18/h5-7,10-13,15,19H,1-4,8-9,14H2. The van der Waals surface area contributed by atoms with Crippen molar-refractivity contribution in [1.82, 2.24) is 4.72 Å². The van der Waals surface area contributed by atoms with Crippen LogP contribution in [0.25, 0.3) is 10.8 Å². The second-order valence-electron chi connectivity index (χ2n) is 6.19. The summed E-state index contributed by atoms with van der Waals surface area (Å²) in [5.41, 5.74) is 0. The first-order valence-electron chi connectivity index (χ1n) is 8.14. The highest BCUT2D eigenvalue weighted by atomic mass is 32.2. The van der Waals surface area contributed by atoms with E-state index in [1.165, 1.54) is 25.7 Å². The zero-order chi connectivity index (χ0) is 15.4. The van der Waals surface area contributed by atoms with Gasteiger partial charge in [0.15, 0.2) is 0 Å². The molecule has 0 spiro atoms. The van der Waals surface area contributed by atoms with Gasteiger partial charge in [-0.15, -0.1) is 0 Å². The van der Waals surface area contributed by atoms with Gasteiger partial charge in [-0.25, -0.2) is 13.1 Å². The van der Waals surface area contributed by atoms with E-state index in [1.807, 2.05) is 36.4 Å². The lowest BCUT2D eigenvalue weighted by Gasteiger charge is -2.15. The van der Waals surface area contributed by atoms with Crippen LogP contribution in [0.5, 0.6) is 0 Å². The average Bonchev–Trinajstić information content (AvgIpc) is 2.81. The van der Waals surface area contributed by atoms with E-state index in [4.69, 9.17) is 0 Å². The van der Waals surface area contributed by atoms with E-state index in [2.05, 4.69) is 4.72 Å². The summed E-state index contributed by atoms with van der Waals surface area (Å²) in [5, 5.41) is 1.75. The van der Waals surface area contributed by atoms with Gasteiger partial charge >= 0.3 is 0 Å². The summed E-state index contributed by atoms with van der Waals surface area (Å²) in [5.74, 6) is 0.479. The molecule has 1 fully saturated rings. The summed E-state index contributed by atoms with van der Waals surface area (Å²) in [6, 6.07) is 13.1. The van der Waals surface area contributed by atoms with Gasteiger partial charge < -0.3 is 0 Å². The highest BCUT2D eigenvalue weighted by Crippen LogP contribution is 2.25. The smallest absolute Gasteiger partial charge is 0.211 e. The quantitative estimate of drug-likeness (QED) is 0.863. The van der Waals surface area contributed by atoms with Crippen LogP contribution in [0, 0.1) is 5.92 Å². The topological polar surface area (TPSA) is 46.2 Å². The van der Waals surface area contributed by atoms with E-state index < -0.39 is 10.0 Å². The fraction of sp³-hybridized carbons (Fsp3) is 0.444. The maximum atomic E-state index is 12.7. The lowest BCUT2D eigenvalue weighted by Crippen LogP contribution is -2.29. The van der Waals surface area contributed by atoms with E-state index in [9.17, 15) is 8.42 Å². The van der Waals surface area contributed by atoms with Gasteiger partial charge in [0.2, 0.25) is 10.0 Å². The molecule has 0 amide bonds. The first-order valence-corrected chi connectivity index (χ1v) is 9.62. The molecular formula is C18H23NO2S. The van der Waals surface area contributed by atoms with Crippen molar-refractivity contribution in [3.63, 3.8) is 0 Å². The Morgan fingerprint density at radius 3 is 2.36 bits per heavy atom. The number of hydrogen-bond acceptors (Lipinski definition) is 2. The van der Waals surface area contributed by atoms with Crippen molar-refractivity contribution in [3.05, 3.63) is 42.5 Å². The highest BCUT2D eigenvalue weighted by molar-refractivity contribution is 7.89. The van der Waals surface area contributed by atoms with Crippen molar-refractivity contribution in [2.45, 2.75) is 43.4 Å². The Kier molecular flexibility index (Phi) is 4.79. The third-order valence-corrected chi connectivity index (χ3v) is 6.06. The minimum Gasteiger partial charge on any atom is -0.211 e. The third kappa shape index (κ3) is 3.50. The normalized spacial score (nSPS) is 17.5. The van der Waals surface area contributed by atoms with E-state index in [-0.39, 0.29) is 0 Å². The predicted octanol–water partition coefficient (Wildman–Crippen LogP) is 4.09. The van der Waals surface area contributed by atoms with Crippen LogP contribution in [-0.2, 0) is 10.0 Å². The average molecular weight is 317 g/mol. The molecule has 0 unspecified atom stereocenters. The van der Waals surface area contributed by atoms with Crippen molar-refractivity contribution in [3.8, 4) is 0 Å². The van der Waals surface area contributed by atoms with Gasteiger partial charge in [0.1, 0.15) is 0 Å². The maximum Gasteiger partial charge on any atom is 0.241 e. The molecule has 0 aliphatic heterocycles. The molecule has 3 nitrogen and oxygen atoms in total. The van der Waals surface area contributed by atoms with Gasteiger partial charge in [0.25, 0.3) is 0 Å². The van der Waals surface area contributed by atoms with Gasteiger partial charge in [0, 0.05) is 11.9 Å². The largest absolute Gasteiger partial charge is 0.241 e. The molecule has 0 aromatic heterocycles. The van der Waals surface area contributed by atoms with Crippen LogP contribution in [0.3, 0.4) is 0 Å². The van der Waals surface area contributed by atoms with Gasteiger partial charge in [0.05, 0.1) is 4.90 Å². The van der Waals surface area contributed by atoms with Crippen LogP contribution in [0.4, 0.5) is 0 Å². The first-order chi connectivity index (χ1) is 10.7. The fourth-order valence-electron chi connectivity index (χ4n) is 3.30. The zero-order valence-corrected chi connectivity index (χ0v) is 13.6. The third-order valence-electron chi connectivity index (χ3n) is 4.58. The van der Waals surface area contributed by atoms with Crippen LogP contribution in [0.2, 0.25) is 0 Å². The van der Waals surface area contributed by atoms with Gasteiger partial charge in [-0.05, 0) is 30.2 Å². The monoisotopic (exact) mass is 317 g/mol. The summed E-state index contributed by atoms with van der Waals surface area (Å²) >= 11 is 0. The molecule has 4 heteroatoms. The second kappa shape index (κ2) is 6.80. The Hall–Kier alpha value is -1.39. The summed E-state index contributed by atoms with van der Waals surface area (Å²) in [4.78, 5) is 0.388. The van der Waals surface area contributed by atoms with Crippen LogP contribution >= 0.6 is 0 Å². The number of benzene rings is 2. The van der Waals surface area contributed by atoms with Crippen LogP contribution in [0.15, 0.2) is 47.4 Å². The molecule has 1 saturated carbocycles. The molecule has 2 aromatic rings. The molecule has 0 atom stereocenters. The molecule has 118 valence electrons. The highest BCUT2D eigenvalue weighted by Gasteiger charge is 2.19. The SMILES string of the molecule is O=S(=O)(NCC1CCCCCC1)c1cccc2ccccc12. The Morgan fingerprint density at radius 1 is 0.909 bits per heavy atom. The molecule has 22 heavy (non-hydrogen) atoms. The molecule has 0 heterocycles. The lowest BCUT2D eigenvalue weighted by molar-refractivity contribution is 0.451. The summed E-state index contributed by atoms with van der Waals surface area (Å²) in [6.07, 6.45) is 7.29. The molecule has 1 aliphatic carbocycles. The van der Waals surface area contributed by atoms with Gasteiger partial charge in [-0.3, -0.25) is 0 Å². The predicted molar refractivity (Wildman–Crippen MR) is 90.3 cm³/mol. The van der Waals surface area contributed by atoms with Crippen molar-refractivity contribution in [2.75, 3.05) is 6.54 Å². The first kappa shape index (κ1) is 15.5. The molecule has 1 aliphatic rings. The minimum absolute atomic E-state index is 0.388. The van der Waals surface area contributed by atoms with Gasteiger partial charge in [-0.2, -0.15) is 0 Å². The Balaban J connectivity index is 1.79. The fourth-order valence-corrected chi connectivity index (χ4v) is 4.65. The van der Waals surface area contributed by atoms with Gasteiger partial charge in [-0.1, -0.05) is 62.1 Å². The molecule has 0 saturated heterocycles. The molecule has 0 radical (unpaired) electrons. The Morgan fingerprint density at radius 2 is 1.59 bits per heavy atom. The number of sulfonamides is 1. The van der Waals surface area contributed by atoms with E-state index >= 15 is 0 Å². The molecule has 1 N–H and O–H groups in total. The Bertz CT molecular complexity index is 726.